The molecular weight excluding hydrogens is 397 g/mol. The van der Waals surface area contributed by atoms with E-state index in [0.717, 1.165) is 40.2 Å². The number of hydrogen-bond acceptors (Lipinski definition) is 5. The highest BCUT2D eigenvalue weighted by molar-refractivity contribution is 7.23. The third-order valence-corrected chi connectivity index (χ3v) is 5.93. The summed E-state index contributed by atoms with van der Waals surface area (Å²) in [7, 11) is 1.87. The number of amides is 1. The van der Waals surface area contributed by atoms with E-state index >= 15 is 0 Å². The van der Waals surface area contributed by atoms with Crippen molar-refractivity contribution in [3.05, 3.63) is 27.5 Å². The largest absolute Gasteiger partial charge is 0.337 e. The molecule has 0 radical (unpaired) electrons. The Balaban J connectivity index is 0.00000132. The molecule has 23 heavy (non-hydrogen) atoms. The SMILES string of the molecule is CN(C(=O)c1csc(-c2ccc(Cl)s2)n1)C1CCNCC1.Cl.Cl. The van der Waals surface area contributed by atoms with Crippen molar-refractivity contribution >= 4 is 65.0 Å². The minimum Gasteiger partial charge on any atom is -0.337 e. The molecule has 1 aliphatic rings. The van der Waals surface area contributed by atoms with Gasteiger partial charge in [0.25, 0.3) is 5.91 Å². The normalized spacial score (nSPS) is 14.7. The molecule has 0 aliphatic carbocycles. The average molecular weight is 415 g/mol. The first-order valence-electron chi connectivity index (χ1n) is 6.84. The van der Waals surface area contributed by atoms with E-state index in [0.29, 0.717) is 11.7 Å². The molecular formula is C14H18Cl3N3OS2. The first-order chi connectivity index (χ1) is 10.1. The molecule has 2 aromatic heterocycles. The lowest BCUT2D eigenvalue weighted by atomic mass is 10.1. The highest BCUT2D eigenvalue weighted by atomic mass is 35.5. The Morgan fingerprint density at radius 3 is 2.65 bits per heavy atom. The van der Waals surface area contributed by atoms with Crippen LogP contribution in [0.1, 0.15) is 23.3 Å². The number of nitrogens with zero attached hydrogens (tertiary/aromatic N) is 2. The van der Waals surface area contributed by atoms with Crippen molar-refractivity contribution in [2.24, 2.45) is 0 Å². The molecule has 0 unspecified atom stereocenters. The average Bonchev–Trinajstić information content (AvgIpc) is 3.15. The lowest BCUT2D eigenvalue weighted by Gasteiger charge is -2.31. The van der Waals surface area contributed by atoms with Gasteiger partial charge in [-0.3, -0.25) is 4.79 Å². The first kappa shape index (κ1) is 20.7. The molecule has 0 atom stereocenters. The fourth-order valence-electron chi connectivity index (χ4n) is 2.45. The van der Waals surface area contributed by atoms with Crippen LogP contribution in [0.5, 0.6) is 0 Å². The quantitative estimate of drug-likeness (QED) is 0.819. The van der Waals surface area contributed by atoms with Gasteiger partial charge in [0.05, 0.1) is 9.21 Å². The summed E-state index contributed by atoms with van der Waals surface area (Å²) in [6.07, 6.45) is 2.00. The van der Waals surface area contributed by atoms with Gasteiger partial charge in [-0.05, 0) is 38.1 Å². The number of halogens is 3. The molecule has 0 saturated carbocycles. The summed E-state index contributed by atoms with van der Waals surface area (Å²) < 4.78 is 0.736. The molecule has 1 aliphatic heterocycles. The third-order valence-electron chi connectivity index (χ3n) is 3.68. The Hall–Kier alpha value is -0.370. The number of aromatic nitrogens is 1. The van der Waals surface area contributed by atoms with Crippen molar-refractivity contribution in [1.29, 1.82) is 0 Å². The molecule has 4 nitrogen and oxygen atoms in total. The number of carbonyl (C=O) groups is 1. The van der Waals surface area contributed by atoms with E-state index in [1.807, 2.05) is 29.5 Å². The number of carbonyl (C=O) groups excluding carboxylic acids is 1. The van der Waals surface area contributed by atoms with E-state index in [1.54, 1.807) is 0 Å². The zero-order chi connectivity index (χ0) is 14.8. The van der Waals surface area contributed by atoms with Crippen LogP contribution in [0.2, 0.25) is 4.34 Å². The highest BCUT2D eigenvalue weighted by Crippen LogP contribution is 2.33. The number of hydrogen-bond donors (Lipinski definition) is 1. The van der Waals surface area contributed by atoms with Crippen molar-refractivity contribution in [2.45, 2.75) is 18.9 Å². The fourth-order valence-corrected chi connectivity index (χ4v) is 4.36. The molecule has 1 fully saturated rings. The Labute approximate surface area is 161 Å². The van der Waals surface area contributed by atoms with Crippen LogP contribution in [0.3, 0.4) is 0 Å². The van der Waals surface area contributed by atoms with E-state index in [1.165, 1.54) is 22.7 Å². The Morgan fingerprint density at radius 2 is 2.04 bits per heavy atom. The standard InChI is InChI=1S/C14H16ClN3OS2.2ClH/c1-18(9-4-6-16-7-5-9)14(19)10-8-20-13(17-10)11-2-3-12(15)21-11;;/h2-3,8-9,16H,4-7H2,1H3;2*1H. The van der Waals surface area contributed by atoms with E-state index < -0.39 is 0 Å². The maximum atomic E-state index is 12.5. The summed E-state index contributed by atoms with van der Waals surface area (Å²) in [6, 6.07) is 4.10. The molecule has 0 spiro atoms. The molecule has 1 N–H and O–H groups in total. The van der Waals surface area contributed by atoms with Crippen LogP contribution in [0, 0.1) is 0 Å². The Bertz CT molecular complexity index is 641. The smallest absolute Gasteiger partial charge is 0.273 e. The number of piperidine rings is 1. The zero-order valence-corrected chi connectivity index (χ0v) is 16.5. The van der Waals surface area contributed by atoms with Crippen molar-refractivity contribution in [3.8, 4) is 9.88 Å². The van der Waals surface area contributed by atoms with Gasteiger partial charge in [0, 0.05) is 18.5 Å². The van der Waals surface area contributed by atoms with Crippen LogP contribution >= 0.6 is 59.1 Å². The zero-order valence-electron chi connectivity index (χ0n) is 12.5. The van der Waals surface area contributed by atoms with E-state index in [4.69, 9.17) is 11.6 Å². The second-order valence-electron chi connectivity index (χ2n) is 5.04. The molecule has 2 aromatic rings. The predicted octanol–water partition coefficient (Wildman–Crippen LogP) is 4.19. The van der Waals surface area contributed by atoms with Gasteiger partial charge in [0.1, 0.15) is 10.7 Å². The van der Waals surface area contributed by atoms with Gasteiger partial charge < -0.3 is 10.2 Å². The van der Waals surface area contributed by atoms with Gasteiger partial charge >= 0.3 is 0 Å². The summed E-state index contributed by atoms with van der Waals surface area (Å²) in [5.41, 5.74) is 0.528. The number of thiophene rings is 1. The summed E-state index contributed by atoms with van der Waals surface area (Å²) in [4.78, 5) is 19.8. The molecule has 9 heteroatoms. The summed E-state index contributed by atoms with van der Waals surface area (Å²) in [5, 5.41) is 6.01. The van der Waals surface area contributed by atoms with Gasteiger partial charge in [-0.15, -0.1) is 47.5 Å². The van der Waals surface area contributed by atoms with Crippen LogP contribution in [-0.4, -0.2) is 42.0 Å². The maximum Gasteiger partial charge on any atom is 0.273 e. The topological polar surface area (TPSA) is 45.2 Å². The monoisotopic (exact) mass is 413 g/mol. The Kier molecular flexibility index (Phi) is 8.27. The summed E-state index contributed by atoms with van der Waals surface area (Å²) in [5.74, 6) is 0.00653. The van der Waals surface area contributed by atoms with E-state index in [-0.39, 0.29) is 30.7 Å². The molecule has 3 heterocycles. The van der Waals surface area contributed by atoms with Crippen LogP contribution < -0.4 is 5.32 Å². The second-order valence-corrected chi connectivity index (χ2v) is 7.61. The molecule has 1 saturated heterocycles. The van der Waals surface area contributed by atoms with Gasteiger partial charge in [0.15, 0.2) is 0 Å². The van der Waals surface area contributed by atoms with Gasteiger partial charge in [-0.1, -0.05) is 11.6 Å². The molecule has 1 amide bonds. The maximum absolute atomic E-state index is 12.5. The number of rotatable bonds is 3. The molecule has 0 bridgehead atoms. The van der Waals surface area contributed by atoms with Crippen LogP contribution in [0.4, 0.5) is 0 Å². The number of nitrogens with one attached hydrogen (secondary N) is 1. The second kappa shape index (κ2) is 9.20. The minimum atomic E-state index is 0. The lowest BCUT2D eigenvalue weighted by Crippen LogP contribution is -2.44. The third kappa shape index (κ3) is 4.81. The van der Waals surface area contributed by atoms with Gasteiger partial charge in [0.2, 0.25) is 0 Å². The Morgan fingerprint density at radius 1 is 1.35 bits per heavy atom. The summed E-state index contributed by atoms with van der Waals surface area (Å²) in [6.45, 7) is 1.94. The van der Waals surface area contributed by atoms with Crippen molar-refractivity contribution in [1.82, 2.24) is 15.2 Å². The predicted molar refractivity (Wildman–Crippen MR) is 103 cm³/mol. The number of thiazole rings is 1. The minimum absolute atomic E-state index is 0. The lowest BCUT2D eigenvalue weighted by molar-refractivity contribution is 0.0698. The highest BCUT2D eigenvalue weighted by Gasteiger charge is 2.24. The van der Waals surface area contributed by atoms with E-state index in [2.05, 4.69) is 10.3 Å². The van der Waals surface area contributed by atoms with Crippen molar-refractivity contribution in [3.63, 3.8) is 0 Å². The van der Waals surface area contributed by atoms with Crippen molar-refractivity contribution in [2.75, 3.05) is 20.1 Å². The van der Waals surface area contributed by atoms with Gasteiger partial charge in [-0.25, -0.2) is 4.98 Å². The van der Waals surface area contributed by atoms with Crippen molar-refractivity contribution < 1.29 is 4.79 Å². The molecule has 3 rings (SSSR count). The van der Waals surface area contributed by atoms with Crippen LogP contribution in [0.15, 0.2) is 17.5 Å². The summed E-state index contributed by atoms with van der Waals surface area (Å²) >= 11 is 8.92. The van der Waals surface area contributed by atoms with E-state index in [9.17, 15) is 4.79 Å². The fraction of sp³-hybridized carbons (Fsp3) is 0.429. The molecule has 0 aromatic carbocycles. The first-order valence-corrected chi connectivity index (χ1v) is 8.91. The van der Waals surface area contributed by atoms with Crippen LogP contribution in [-0.2, 0) is 0 Å². The molecule has 128 valence electrons. The van der Waals surface area contributed by atoms with Gasteiger partial charge in [-0.2, -0.15) is 0 Å². The van der Waals surface area contributed by atoms with Crippen LogP contribution in [0.25, 0.3) is 9.88 Å².